The Morgan fingerprint density at radius 3 is 2.78 bits per heavy atom. The average molecular weight is 243 g/mol. The van der Waals surface area contributed by atoms with Crippen molar-refractivity contribution in [2.75, 3.05) is 14.1 Å². The van der Waals surface area contributed by atoms with Gasteiger partial charge >= 0.3 is 0 Å². The van der Waals surface area contributed by atoms with Gasteiger partial charge in [-0.15, -0.1) is 0 Å². The van der Waals surface area contributed by atoms with Crippen LogP contribution in [0.4, 0.5) is 0 Å². The summed E-state index contributed by atoms with van der Waals surface area (Å²) >= 11 is 0. The maximum Gasteiger partial charge on any atom is 0.190 e. The summed E-state index contributed by atoms with van der Waals surface area (Å²) in [6.45, 7) is 0.695. The van der Waals surface area contributed by atoms with Gasteiger partial charge in [0.25, 0.3) is 0 Å². The molecule has 94 valence electrons. The summed E-state index contributed by atoms with van der Waals surface area (Å²) in [5.41, 5.74) is 2.16. The molecule has 0 bridgehead atoms. The van der Waals surface area contributed by atoms with Crippen LogP contribution in [0.5, 0.6) is 0 Å². The van der Waals surface area contributed by atoms with Crippen molar-refractivity contribution in [2.24, 2.45) is 4.99 Å². The first-order valence-corrected chi connectivity index (χ1v) is 5.81. The third-order valence-electron chi connectivity index (χ3n) is 2.58. The van der Waals surface area contributed by atoms with Gasteiger partial charge in [-0.05, 0) is 12.1 Å². The second kappa shape index (κ2) is 5.86. The van der Waals surface area contributed by atoms with Gasteiger partial charge in [0.2, 0.25) is 0 Å². The number of hydrogen-bond donors (Lipinski definition) is 2. The van der Waals surface area contributed by atoms with E-state index in [4.69, 9.17) is 0 Å². The summed E-state index contributed by atoms with van der Waals surface area (Å²) in [6.07, 6.45) is 3.86. The van der Waals surface area contributed by atoms with Crippen molar-refractivity contribution >= 4 is 5.96 Å². The highest BCUT2D eigenvalue weighted by atomic mass is 15.3. The van der Waals surface area contributed by atoms with Gasteiger partial charge in [0.15, 0.2) is 5.96 Å². The second-order valence-corrected chi connectivity index (χ2v) is 3.80. The Morgan fingerprint density at radius 1 is 1.33 bits per heavy atom. The number of aliphatic imine (C=N–C) groups is 1. The van der Waals surface area contributed by atoms with Crippen molar-refractivity contribution in [1.29, 1.82) is 0 Å². The van der Waals surface area contributed by atoms with Crippen LogP contribution in [0.2, 0.25) is 0 Å². The zero-order valence-corrected chi connectivity index (χ0v) is 10.6. The van der Waals surface area contributed by atoms with Gasteiger partial charge in [-0.1, -0.05) is 18.2 Å². The zero-order valence-electron chi connectivity index (χ0n) is 10.6. The minimum Gasteiger partial charge on any atom is -0.359 e. The molecule has 5 nitrogen and oxygen atoms in total. The molecule has 2 rings (SSSR count). The minimum atomic E-state index is 0.695. The number of rotatable bonds is 3. The lowest BCUT2D eigenvalue weighted by Crippen LogP contribution is -2.33. The van der Waals surface area contributed by atoms with Crippen LogP contribution in [0.15, 0.2) is 47.7 Å². The molecule has 18 heavy (non-hydrogen) atoms. The van der Waals surface area contributed by atoms with Crippen molar-refractivity contribution in [3.05, 3.63) is 48.3 Å². The highest BCUT2D eigenvalue weighted by Crippen LogP contribution is 2.07. The maximum absolute atomic E-state index is 4.33. The fraction of sp³-hybridized carbons (Fsp3) is 0.231. The number of nitrogens with zero attached hydrogens (tertiary/aromatic N) is 3. The van der Waals surface area contributed by atoms with E-state index in [9.17, 15) is 0 Å². The predicted octanol–water partition coefficient (Wildman–Crippen LogP) is 1.17. The largest absolute Gasteiger partial charge is 0.359 e. The molecule has 0 atom stereocenters. The molecule has 1 aromatic heterocycles. The van der Waals surface area contributed by atoms with Crippen LogP contribution in [0.1, 0.15) is 5.56 Å². The molecule has 2 N–H and O–H groups in total. The highest BCUT2D eigenvalue weighted by molar-refractivity contribution is 5.79. The number of guanidine groups is 1. The van der Waals surface area contributed by atoms with Gasteiger partial charge in [0.1, 0.15) is 0 Å². The SMILES string of the molecule is CN=C(NC)NCc1cnn(-c2ccccc2)c1. The van der Waals surface area contributed by atoms with Crippen molar-refractivity contribution in [1.82, 2.24) is 20.4 Å². The number of nitrogens with one attached hydrogen (secondary N) is 2. The van der Waals surface area contributed by atoms with E-state index in [1.807, 2.05) is 54.5 Å². The first-order chi connectivity index (χ1) is 8.83. The lowest BCUT2D eigenvalue weighted by molar-refractivity contribution is 0.860. The predicted molar refractivity (Wildman–Crippen MR) is 72.8 cm³/mol. The smallest absolute Gasteiger partial charge is 0.190 e. The summed E-state index contributed by atoms with van der Waals surface area (Å²) < 4.78 is 1.86. The van der Waals surface area contributed by atoms with E-state index in [1.54, 1.807) is 7.05 Å². The molecule has 5 heteroatoms. The van der Waals surface area contributed by atoms with Crippen LogP contribution < -0.4 is 10.6 Å². The van der Waals surface area contributed by atoms with Crippen LogP contribution >= 0.6 is 0 Å². The number of para-hydroxylation sites is 1. The molecule has 0 saturated heterocycles. The lowest BCUT2D eigenvalue weighted by atomic mass is 10.3. The number of aromatic nitrogens is 2. The Balaban J connectivity index is 2.03. The summed E-state index contributed by atoms with van der Waals surface area (Å²) in [5.74, 6) is 0.766. The molecule has 0 aliphatic carbocycles. The monoisotopic (exact) mass is 243 g/mol. The molecule has 0 saturated carbocycles. The Morgan fingerprint density at radius 2 is 2.11 bits per heavy atom. The van der Waals surface area contributed by atoms with E-state index >= 15 is 0 Å². The van der Waals surface area contributed by atoms with Gasteiger partial charge < -0.3 is 10.6 Å². The minimum absolute atomic E-state index is 0.695. The van der Waals surface area contributed by atoms with Gasteiger partial charge in [-0.3, -0.25) is 4.99 Å². The normalized spacial score (nSPS) is 11.3. The lowest BCUT2D eigenvalue weighted by Gasteiger charge is -2.06. The Kier molecular flexibility index (Phi) is 3.96. The molecule has 0 aliphatic rings. The zero-order chi connectivity index (χ0) is 12.8. The van der Waals surface area contributed by atoms with Gasteiger partial charge in [0, 0.05) is 32.4 Å². The first-order valence-electron chi connectivity index (χ1n) is 5.81. The van der Waals surface area contributed by atoms with E-state index < -0.39 is 0 Å². The summed E-state index contributed by atoms with van der Waals surface area (Å²) in [6, 6.07) is 10.0. The molecule has 0 radical (unpaired) electrons. The van der Waals surface area contributed by atoms with E-state index in [1.165, 1.54) is 0 Å². The quantitative estimate of drug-likeness (QED) is 0.628. The van der Waals surface area contributed by atoms with Crippen molar-refractivity contribution < 1.29 is 0 Å². The van der Waals surface area contributed by atoms with E-state index in [0.29, 0.717) is 6.54 Å². The highest BCUT2D eigenvalue weighted by Gasteiger charge is 2.01. The summed E-state index contributed by atoms with van der Waals surface area (Å²) in [5, 5.41) is 10.5. The Labute approximate surface area is 107 Å². The van der Waals surface area contributed by atoms with Crippen molar-refractivity contribution in [3.63, 3.8) is 0 Å². The van der Waals surface area contributed by atoms with E-state index in [2.05, 4.69) is 20.7 Å². The molecule has 1 aromatic carbocycles. The molecule has 1 heterocycles. The second-order valence-electron chi connectivity index (χ2n) is 3.80. The van der Waals surface area contributed by atoms with Gasteiger partial charge in [-0.25, -0.2) is 4.68 Å². The van der Waals surface area contributed by atoms with Crippen LogP contribution in [0, 0.1) is 0 Å². The topological polar surface area (TPSA) is 54.2 Å². The molecule has 0 fully saturated rings. The number of hydrogen-bond acceptors (Lipinski definition) is 2. The van der Waals surface area contributed by atoms with Crippen LogP contribution in [0.3, 0.4) is 0 Å². The summed E-state index contributed by atoms with van der Waals surface area (Å²) in [7, 11) is 3.58. The molecular formula is C13H17N5. The number of benzene rings is 1. The standard InChI is InChI=1S/C13H17N5/c1-14-13(15-2)16-8-11-9-17-18(10-11)12-6-4-3-5-7-12/h3-7,9-10H,8H2,1-2H3,(H2,14,15,16). The first kappa shape index (κ1) is 12.2. The third kappa shape index (κ3) is 2.88. The maximum atomic E-state index is 4.33. The molecular weight excluding hydrogens is 226 g/mol. The molecule has 0 unspecified atom stereocenters. The Bertz CT molecular complexity index is 515. The van der Waals surface area contributed by atoms with E-state index in [0.717, 1.165) is 17.2 Å². The average Bonchev–Trinajstić information content (AvgIpc) is 2.90. The van der Waals surface area contributed by atoms with Gasteiger partial charge in [-0.2, -0.15) is 5.10 Å². The van der Waals surface area contributed by atoms with Crippen molar-refractivity contribution in [3.8, 4) is 5.69 Å². The van der Waals surface area contributed by atoms with Crippen molar-refractivity contribution in [2.45, 2.75) is 6.54 Å². The van der Waals surface area contributed by atoms with Crippen LogP contribution in [0.25, 0.3) is 5.69 Å². The van der Waals surface area contributed by atoms with Crippen LogP contribution in [-0.4, -0.2) is 29.8 Å². The molecule has 2 aromatic rings. The molecule has 0 aliphatic heterocycles. The van der Waals surface area contributed by atoms with Gasteiger partial charge in [0.05, 0.1) is 11.9 Å². The Hall–Kier alpha value is -2.30. The fourth-order valence-corrected chi connectivity index (χ4v) is 1.64. The molecule has 0 amide bonds. The summed E-state index contributed by atoms with van der Waals surface area (Å²) in [4.78, 5) is 4.05. The van der Waals surface area contributed by atoms with Crippen LogP contribution in [-0.2, 0) is 6.54 Å². The third-order valence-corrected chi connectivity index (χ3v) is 2.58. The molecule has 0 spiro atoms. The fourth-order valence-electron chi connectivity index (χ4n) is 1.64. The van der Waals surface area contributed by atoms with E-state index in [-0.39, 0.29) is 0 Å².